The number of hydrogen-bond acceptors (Lipinski definition) is 0. The average molecular weight is 964 g/mol. The SMILES string of the molecule is CC(=C[CH2][Ge])[CH2][Ge].CC(C)(C)[Si](C(C)(C)C)C(C)(C)C.CC(C)(C)[Si](C(C)(C)C)C(C)(C)C.CC(C)(C)[Si](C(C)(C)C)C(C)(C)C.[Ge][Br]. The molecule has 0 aromatic heterocycles. The van der Waals surface area contributed by atoms with E-state index in [1.165, 1.54) is 16.1 Å². The van der Waals surface area contributed by atoms with Crippen molar-refractivity contribution in [2.24, 2.45) is 0 Å². The molecule has 0 aromatic rings. The van der Waals surface area contributed by atoms with Crippen molar-refractivity contribution in [2.45, 2.75) is 250 Å². The molecular weight excluding hydrogens is 874 g/mol. The van der Waals surface area contributed by atoms with Crippen molar-refractivity contribution in [3.63, 3.8) is 0 Å². The fourth-order valence-electron chi connectivity index (χ4n) is 10.4. The molecule has 0 aliphatic rings. The van der Waals surface area contributed by atoms with Gasteiger partial charge in [-0.05, 0) is 45.3 Å². The molecule has 0 aliphatic carbocycles. The molecule has 0 unspecified atom stereocenters. The minimum atomic E-state index is -0.391. The van der Waals surface area contributed by atoms with Crippen molar-refractivity contribution in [3.8, 4) is 0 Å². The van der Waals surface area contributed by atoms with Crippen LogP contribution in [-0.2, 0) is 0 Å². The zero-order chi connectivity index (χ0) is 40.9. The first-order valence-electron chi connectivity index (χ1n) is 18.2. The zero-order valence-corrected chi connectivity index (χ0v) is 49.2. The van der Waals surface area contributed by atoms with E-state index in [0.717, 1.165) is 0 Å². The predicted octanol–water partition coefficient (Wildman–Crippen LogP) is 16.2. The fraction of sp³-hybridized carbons (Fsp3) is 0.951. The number of rotatable bonds is 2. The summed E-state index contributed by atoms with van der Waals surface area (Å²) in [6, 6.07) is 0. The Morgan fingerprint density at radius 2 is 0.500 bits per heavy atom. The first-order chi connectivity index (χ1) is 20.4. The number of halogens is 1. The summed E-state index contributed by atoms with van der Waals surface area (Å²) in [5, 5.41) is 6.77. The summed E-state index contributed by atoms with van der Waals surface area (Å²) in [6.07, 6.45) is 2.26. The van der Waals surface area contributed by atoms with Gasteiger partial charge in [0.05, 0.1) is 26.4 Å². The Morgan fingerprint density at radius 3 is 0.521 bits per heavy atom. The van der Waals surface area contributed by atoms with Crippen LogP contribution in [0.25, 0.3) is 0 Å². The van der Waals surface area contributed by atoms with Gasteiger partial charge in [-0.3, -0.25) is 0 Å². The van der Waals surface area contributed by atoms with Crippen LogP contribution in [-0.4, -0.2) is 74.1 Å². The molecule has 0 bridgehead atoms. The van der Waals surface area contributed by atoms with Crippen LogP contribution in [0, 0.1) is 0 Å². The quantitative estimate of drug-likeness (QED) is 0.191. The molecule has 0 fully saturated rings. The van der Waals surface area contributed by atoms with E-state index in [-0.39, 0.29) is 0 Å². The van der Waals surface area contributed by atoms with E-state index >= 15 is 0 Å². The van der Waals surface area contributed by atoms with Crippen molar-refractivity contribution < 1.29 is 0 Å². The Labute approximate surface area is 346 Å². The summed E-state index contributed by atoms with van der Waals surface area (Å²) in [5.74, 6) is 0. The molecule has 0 N–H and O–H groups in total. The van der Waals surface area contributed by atoms with Crippen LogP contribution in [0.15, 0.2) is 11.6 Å². The molecule has 12 radical (unpaired) electrons. The summed E-state index contributed by atoms with van der Waals surface area (Å²) in [6.45, 7) is 67.0. The van der Waals surface area contributed by atoms with E-state index in [2.05, 4.69) is 247 Å². The Bertz CT molecular complexity index is 651. The predicted molar refractivity (Wildman–Crippen MR) is 244 cm³/mol. The van der Waals surface area contributed by atoms with Crippen LogP contribution >= 0.6 is 14.0 Å². The van der Waals surface area contributed by atoms with Crippen LogP contribution in [0.2, 0.25) is 55.9 Å². The van der Waals surface area contributed by atoms with Gasteiger partial charge < -0.3 is 0 Å². The standard InChI is InChI=1S/3C12H27Si.C5H8Ge2.BrGe/c3*1-10(2,3)13(11(4,5)6)12(7,8)9;1-5(4-7)2-3-6;1-2/h3*1-9H3;2H,3-4H2,1H3;. The summed E-state index contributed by atoms with van der Waals surface area (Å²) >= 11 is 9.10. The molecule has 0 heterocycles. The molecule has 48 heavy (non-hydrogen) atoms. The second-order valence-electron chi connectivity index (χ2n) is 22.8. The first-order valence-corrected chi connectivity index (χ1v) is 30.6. The van der Waals surface area contributed by atoms with E-state index in [9.17, 15) is 0 Å². The third-order valence-electron chi connectivity index (χ3n) is 7.48. The first kappa shape index (κ1) is 59.8. The second kappa shape index (κ2) is 22.8. The van der Waals surface area contributed by atoms with E-state index in [4.69, 9.17) is 0 Å². The molecule has 0 saturated heterocycles. The monoisotopic (exact) mass is 966 g/mol. The molecule has 0 spiro atoms. The van der Waals surface area contributed by atoms with Gasteiger partial charge in [0, 0.05) is 0 Å². The van der Waals surface area contributed by atoms with Crippen LogP contribution in [0.4, 0.5) is 0 Å². The third kappa shape index (κ3) is 28.9. The second-order valence-corrected chi connectivity index (χ2v) is 40.2. The van der Waals surface area contributed by atoms with Crippen LogP contribution < -0.4 is 0 Å². The molecule has 0 nitrogen and oxygen atoms in total. The summed E-state index contributed by atoms with van der Waals surface area (Å²) in [4.78, 5) is 0. The van der Waals surface area contributed by atoms with Gasteiger partial charge in [-0.1, -0.05) is 187 Å². The van der Waals surface area contributed by atoms with Gasteiger partial charge in [-0.15, -0.1) is 0 Å². The van der Waals surface area contributed by atoms with Gasteiger partial charge in [-0.25, -0.2) is 0 Å². The summed E-state index contributed by atoms with van der Waals surface area (Å²) in [5.41, 5.74) is 1.50. The van der Waals surface area contributed by atoms with Crippen molar-refractivity contribution in [3.05, 3.63) is 11.6 Å². The van der Waals surface area contributed by atoms with Crippen LogP contribution in [0.5, 0.6) is 0 Å². The van der Waals surface area contributed by atoms with Gasteiger partial charge in [0.2, 0.25) is 0 Å². The fourth-order valence-corrected chi connectivity index (χ4v) is 31.7. The molecule has 0 amide bonds. The summed E-state index contributed by atoms with van der Waals surface area (Å²) in [7, 11) is -1.17. The number of allylic oxidation sites excluding steroid dienone is 2. The van der Waals surface area contributed by atoms with Gasteiger partial charge in [0.15, 0.2) is 0 Å². The van der Waals surface area contributed by atoms with Crippen molar-refractivity contribution >= 4 is 88.1 Å². The molecule has 0 rings (SSSR count). The Balaban J connectivity index is -0.000000172. The molecule has 7 heteroatoms. The zero-order valence-electron chi connectivity index (χ0n) is 38.4. The number of hydrogen-bond donors (Lipinski definition) is 0. The molecule has 0 saturated carbocycles. The molecular formula is C41H89BrGe3Si3. The van der Waals surface area contributed by atoms with E-state index in [0.29, 0.717) is 45.3 Å². The van der Waals surface area contributed by atoms with E-state index in [1.807, 2.05) is 14.7 Å². The van der Waals surface area contributed by atoms with Crippen molar-refractivity contribution in [1.82, 2.24) is 0 Å². The molecule has 0 aromatic carbocycles. The summed E-state index contributed by atoms with van der Waals surface area (Å²) < 4.78 is 0. The van der Waals surface area contributed by atoms with Crippen LogP contribution in [0.1, 0.15) is 194 Å². The molecule has 0 atom stereocenters. The maximum atomic E-state index is 2.94. The third-order valence-corrected chi connectivity index (χ3v) is 22.6. The van der Waals surface area contributed by atoms with Crippen LogP contribution in [0.3, 0.4) is 0 Å². The van der Waals surface area contributed by atoms with Crippen molar-refractivity contribution in [1.29, 1.82) is 0 Å². The van der Waals surface area contributed by atoms with Gasteiger partial charge in [0.1, 0.15) is 0 Å². The topological polar surface area (TPSA) is 0 Å². The minimum absolute atomic E-state index is 0.391. The van der Waals surface area contributed by atoms with Gasteiger partial charge >= 0.3 is 90.8 Å². The molecule has 0 aliphatic heterocycles. The van der Waals surface area contributed by atoms with Gasteiger partial charge in [-0.2, -0.15) is 0 Å². The Morgan fingerprint density at radius 1 is 0.375 bits per heavy atom. The Kier molecular flexibility index (Phi) is 28.4. The molecule has 284 valence electrons. The average Bonchev–Trinajstić information content (AvgIpc) is 2.66. The Hall–Kier alpha value is 2.50. The van der Waals surface area contributed by atoms with E-state index < -0.39 is 26.4 Å². The normalized spacial score (nSPS) is 14.3. The van der Waals surface area contributed by atoms with E-state index in [1.54, 1.807) is 0 Å². The maximum absolute atomic E-state index is 2.94. The van der Waals surface area contributed by atoms with Gasteiger partial charge in [0.25, 0.3) is 0 Å². The van der Waals surface area contributed by atoms with Crippen molar-refractivity contribution in [2.75, 3.05) is 0 Å².